The van der Waals surface area contributed by atoms with Crippen LogP contribution in [0.5, 0.6) is 0 Å². The lowest BCUT2D eigenvalue weighted by molar-refractivity contribution is 0.0942. The second-order valence-corrected chi connectivity index (χ2v) is 6.11. The van der Waals surface area contributed by atoms with Crippen LogP contribution in [0.2, 0.25) is 0 Å². The van der Waals surface area contributed by atoms with Crippen LogP contribution in [0.3, 0.4) is 0 Å². The highest BCUT2D eigenvalue weighted by Crippen LogP contribution is 2.22. The number of carboxylic acid groups (broad SMARTS) is 1. The second kappa shape index (κ2) is 5.34. The number of hydrogen-bond donors (Lipinski definition) is 3. The molecule has 1 aromatic rings. The number of nitrogens with one attached hydrogen (secondary N) is 2. The highest BCUT2D eigenvalue weighted by molar-refractivity contribution is 7.17. The zero-order valence-electron chi connectivity index (χ0n) is 10.8. The summed E-state index contributed by atoms with van der Waals surface area (Å²) in [4.78, 5) is 26.8. The van der Waals surface area contributed by atoms with Crippen molar-refractivity contribution in [3.05, 3.63) is 10.6 Å². The van der Waals surface area contributed by atoms with Crippen molar-refractivity contribution >= 4 is 28.5 Å². The lowest BCUT2D eigenvalue weighted by atomic mass is 9.97. The summed E-state index contributed by atoms with van der Waals surface area (Å²) in [6.07, 6.45) is -1.19. The van der Waals surface area contributed by atoms with E-state index in [1.54, 1.807) is 6.92 Å². The highest BCUT2D eigenvalue weighted by Gasteiger charge is 2.18. The monoisotopic (exact) mass is 271 g/mol. The first kappa shape index (κ1) is 14.4. The van der Waals surface area contributed by atoms with Gasteiger partial charge in [-0.05, 0) is 12.3 Å². The minimum Gasteiger partial charge on any atom is -0.465 e. The molecule has 2 amide bonds. The quantitative estimate of drug-likeness (QED) is 0.786. The van der Waals surface area contributed by atoms with Gasteiger partial charge in [0.25, 0.3) is 5.91 Å². The van der Waals surface area contributed by atoms with Gasteiger partial charge in [0.2, 0.25) is 0 Å². The maximum Gasteiger partial charge on any atom is 0.410 e. The van der Waals surface area contributed by atoms with E-state index in [1.165, 1.54) is 0 Å². The van der Waals surface area contributed by atoms with Crippen molar-refractivity contribution in [1.82, 2.24) is 10.3 Å². The van der Waals surface area contributed by atoms with Crippen LogP contribution in [0.15, 0.2) is 0 Å². The summed E-state index contributed by atoms with van der Waals surface area (Å²) in [7, 11) is 0. The van der Waals surface area contributed by atoms with E-state index in [0.29, 0.717) is 17.1 Å². The van der Waals surface area contributed by atoms with E-state index in [2.05, 4.69) is 15.6 Å². The number of hydrogen-bond acceptors (Lipinski definition) is 4. The Bertz CT molecular complexity index is 463. The second-order valence-electron chi connectivity index (χ2n) is 5.11. The van der Waals surface area contributed by atoms with Gasteiger partial charge in [0.15, 0.2) is 5.13 Å². The van der Waals surface area contributed by atoms with Gasteiger partial charge in [-0.3, -0.25) is 10.1 Å². The largest absolute Gasteiger partial charge is 0.465 e. The highest BCUT2D eigenvalue weighted by atomic mass is 32.1. The molecule has 7 heteroatoms. The normalized spacial score (nSPS) is 11.1. The average molecular weight is 271 g/mol. The van der Waals surface area contributed by atoms with Crippen molar-refractivity contribution in [2.75, 3.05) is 11.9 Å². The molecule has 0 atom stereocenters. The molecule has 0 aliphatic rings. The van der Waals surface area contributed by atoms with E-state index in [4.69, 9.17) is 5.11 Å². The van der Waals surface area contributed by atoms with Crippen molar-refractivity contribution in [1.29, 1.82) is 0 Å². The molecule has 0 spiro atoms. The lowest BCUT2D eigenvalue weighted by Crippen LogP contribution is -2.32. The van der Waals surface area contributed by atoms with Crippen LogP contribution >= 0.6 is 11.3 Å². The molecule has 18 heavy (non-hydrogen) atoms. The smallest absolute Gasteiger partial charge is 0.410 e. The molecule has 3 N–H and O–H groups in total. The molecule has 0 saturated heterocycles. The molecule has 0 radical (unpaired) electrons. The van der Waals surface area contributed by atoms with Crippen LogP contribution in [0.4, 0.5) is 9.93 Å². The maximum atomic E-state index is 11.9. The average Bonchev–Trinajstić information content (AvgIpc) is 2.53. The first-order chi connectivity index (χ1) is 8.19. The number of thiazole rings is 1. The summed E-state index contributed by atoms with van der Waals surface area (Å²) in [5.74, 6) is -0.224. The minimum absolute atomic E-state index is 0.00357. The predicted octanol–water partition coefficient (Wildman–Crippen LogP) is 2.32. The van der Waals surface area contributed by atoms with Gasteiger partial charge in [-0.2, -0.15) is 0 Å². The molecule has 1 rings (SSSR count). The number of aryl methyl sites for hydroxylation is 1. The summed E-state index contributed by atoms with van der Waals surface area (Å²) >= 11 is 1.03. The summed E-state index contributed by atoms with van der Waals surface area (Å²) in [5.41, 5.74) is 0.520. The van der Waals surface area contributed by atoms with Crippen molar-refractivity contribution in [2.24, 2.45) is 5.41 Å². The summed E-state index contributed by atoms with van der Waals surface area (Å²) in [6.45, 7) is 8.28. The third-order valence-corrected chi connectivity index (χ3v) is 3.07. The van der Waals surface area contributed by atoms with Gasteiger partial charge in [0, 0.05) is 6.54 Å². The SMILES string of the molecule is Cc1nc(NC(=O)O)sc1C(=O)NCC(C)(C)C. The van der Waals surface area contributed by atoms with Gasteiger partial charge in [-0.1, -0.05) is 32.1 Å². The third-order valence-electron chi connectivity index (χ3n) is 2.00. The topological polar surface area (TPSA) is 91.3 Å². The first-order valence-corrected chi connectivity index (χ1v) is 6.26. The molecule has 0 fully saturated rings. The fraction of sp³-hybridized carbons (Fsp3) is 0.545. The predicted molar refractivity (Wildman–Crippen MR) is 70.3 cm³/mol. The molecule has 1 heterocycles. The zero-order chi connectivity index (χ0) is 13.9. The van der Waals surface area contributed by atoms with Crippen LogP contribution in [-0.4, -0.2) is 28.6 Å². The molecule has 6 nitrogen and oxygen atoms in total. The van der Waals surface area contributed by atoms with Crippen LogP contribution in [0.1, 0.15) is 36.1 Å². The van der Waals surface area contributed by atoms with E-state index in [1.807, 2.05) is 20.8 Å². The fourth-order valence-electron chi connectivity index (χ4n) is 1.18. The lowest BCUT2D eigenvalue weighted by Gasteiger charge is -2.18. The van der Waals surface area contributed by atoms with Crippen molar-refractivity contribution < 1.29 is 14.7 Å². The summed E-state index contributed by atoms with van der Waals surface area (Å²) in [5, 5.41) is 13.7. The molecular weight excluding hydrogens is 254 g/mol. The number of amides is 2. The van der Waals surface area contributed by atoms with Crippen molar-refractivity contribution in [2.45, 2.75) is 27.7 Å². The van der Waals surface area contributed by atoms with Crippen LogP contribution in [0.25, 0.3) is 0 Å². The Morgan fingerprint density at radius 1 is 1.39 bits per heavy atom. The van der Waals surface area contributed by atoms with Crippen LogP contribution in [0, 0.1) is 12.3 Å². The molecule has 0 saturated carbocycles. The van der Waals surface area contributed by atoms with Crippen molar-refractivity contribution in [3.8, 4) is 0 Å². The van der Waals surface area contributed by atoms with Gasteiger partial charge < -0.3 is 10.4 Å². The Kier molecular flexibility index (Phi) is 4.28. The molecule has 0 aliphatic heterocycles. The zero-order valence-corrected chi connectivity index (χ0v) is 11.6. The number of anilines is 1. The molecule has 0 aliphatic carbocycles. The van der Waals surface area contributed by atoms with Crippen LogP contribution in [-0.2, 0) is 0 Å². The standard InChI is InChI=1S/C11H17N3O3S/c1-6-7(8(15)12-5-11(2,3)4)18-9(13-6)14-10(16)17/h5H2,1-4H3,(H,12,15)(H,13,14)(H,16,17). The number of carbonyl (C=O) groups excluding carboxylic acids is 1. The van der Waals surface area contributed by atoms with Gasteiger partial charge in [-0.15, -0.1) is 0 Å². The number of carbonyl (C=O) groups is 2. The molecular formula is C11H17N3O3S. The van der Waals surface area contributed by atoms with E-state index in [9.17, 15) is 9.59 Å². The summed E-state index contributed by atoms with van der Waals surface area (Å²) < 4.78 is 0. The van der Waals surface area contributed by atoms with E-state index in [0.717, 1.165) is 11.3 Å². The molecule has 100 valence electrons. The van der Waals surface area contributed by atoms with Gasteiger partial charge in [0.05, 0.1) is 5.69 Å². The molecule has 1 aromatic heterocycles. The Balaban J connectivity index is 2.74. The number of rotatable bonds is 3. The molecule has 0 bridgehead atoms. The van der Waals surface area contributed by atoms with Gasteiger partial charge in [-0.25, -0.2) is 9.78 Å². The molecule has 0 aromatic carbocycles. The van der Waals surface area contributed by atoms with E-state index in [-0.39, 0.29) is 16.5 Å². The Hall–Kier alpha value is -1.63. The summed E-state index contributed by atoms with van der Waals surface area (Å²) in [6, 6.07) is 0. The van der Waals surface area contributed by atoms with Gasteiger partial charge >= 0.3 is 6.09 Å². The fourth-order valence-corrected chi connectivity index (χ4v) is 2.05. The maximum absolute atomic E-state index is 11.9. The minimum atomic E-state index is -1.19. The molecule has 0 unspecified atom stereocenters. The van der Waals surface area contributed by atoms with Crippen molar-refractivity contribution in [3.63, 3.8) is 0 Å². The third kappa shape index (κ3) is 4.33. The van der Waals surface area contributed by atoms with E-state index >= 15 is 0 Å². The van der Waals surface area contributed by atoms with E-state index < -0.39 is 6.09 Å². The van der Waals surface area contributed by atoms with Crippen LogP contribution < -0.4 is 10.6 Å². The Morgan fingerprint density at radius 2 is 2.00 bits per heavy atom. The first-order valence-electron chi connectivity index (χ1n) is 5.44. The number of aromatic nitrogens is 1. The number of nitrogens with zero attached hydrogens (tertiary/aromatic N) is 1. The Morgan fingerprint density at radius 3 is 2.50 bits per heavy atom. The Labute approximate surface area is 109 Å². The van der Waals surface area contributed by atoms with Gasteiger partial charge in [0.1, 0.15) is 4.88 Å².